The van der Waals surface area contributed by atoms with Crippen molar-refractivity contribution in [3.8, 4) is 146 Å². The molecule has 1 saturated heterocycles. The zero-order valence-corrected chi connectivity index (χ0v) is 76.3. The summed E-state index contributed by atoms with van der Waals surface area (Å²) in [7, 11) is -0.469. The summed E-state index contributed by atoms with van der Waals surface area (Å²) in [5, 5.41) is 4.51. The number of hydrogen-bond donors (Lipinski definition) is 0. The number of hydrogen-bond acceptors (Lipinski definition) is 10. The average molecular weight is 1820 g/mol. The summed E-state index contributed by atoms with van der Waals surface area (Å²) in [6, 6.07) is 153. The van der Waals surface area contributed by atoms with E-state index in [1.165, 1.54) is 50.1 Å². The second kappa shape index (κ2) is 32.6. The van der Waals surface area contributed by atoms with E-state index in [1.807, 2.05) is 91.0 Å². The Hall–Kier alpha value is -16.2. The molecule has 0 bridgehead atoms. The van der Waals surface area contributed by atoms with Gasteiger partial charge in [-0.2, -0.15) is 0 Å². The molecule has 2 aliphatic carbocycles. The normalized spacial score (nSPS) is 14.2. The summed E-state index contributed by atoms with van der Waals surface area (Å²) in [5.74, 6) is 4.91. The molecule has 4 aromatic heterocycles. The summed E-state index contributed by atoms with van der Waals surface area (Å²) in [6.45, 7) is 8.44. The van der Waals surface area contributed by atoms with Crippen LogP contribution in [-0.2, 0) is 20.1 Å². The highest BCUT2D eigenvalue weighted by Gasteiger charge is 2.58. The Morgan fingerprint density at radius 1 is 0.235 bits per heavy atom. The summed E-state index contributed by atoms with van der Waals surface area (Å²) in [5.41, 5.74) is 33.5. The molecular weight excluding hydrogens is 1730 g/mol. The first-order chi connectivity index (χ1) is 66.8. The molecule has 0 amide bonds. The molecule has 5 aliphatic rings. The van der Waals surface area contributed by atoms with Gasteiger partial charge in [0.05, 0.1) is 44.8 Å². The highest BCUT2D eigenvalue weighted by Crippen LogP contribution is 2.65. The van der Waals surface area contributed by atoms with E-state index in [-0.39, 0.29) is 0 Å². The molecule has 10 nitrogen and oxygen atoms in total. The van der Waals surface area contributed by atoms with Gasteiger partial charge in [-0.05, 0) is 161 Å². The average Bonchev–Trinajstić information content (AvgIpc) is 1.52. The van der Waals surface area contributed by atoms with Gasteiger partial charge in [-0.25, -0.2) is 19.9 Å². The second-order valence-electron chi connectivity index (χ2n) is 36.3. The fraction of sp³-hybridized carbons (Fsp3) is 0.0645. The van der Waals surface area contributed by atoms with E-state index in [9.17, 15) is 0 Å². The molecule has 12 heteroatoms. The minimum atomic E-state index is -0.567. The first kappa shape index (κ1) is 81.8. The number of para-hydroxylation sites is 8. The van der Waals surface area contributed by atoms with E-state index in [2.05, 4.69) is 389 Å². The summed E-state index contributed by atoms with van der Waals surface area (Å²) < 4.78 is 40.0. The molecule has 3 aliphatic heterocycles. The number of ether oxygens (including phenoxy) is 2. The van der Waals surface area contributed by atoms with Gasteiger partial charge < -0.3 is 27.6 Å². The molecule has 18 aromatic carbocycles. The van der Waals surface area contributed by atoms with Crippen LogP contribution in [0.5, 0.6) is 23.0 Å². The maximum Gasteiger partial charge on any atom is 0.495 e. The van der Waals surface area contributed by atoms with Crippen molar-refractivity contribution in [2.75, 3.05) is 0 Å². The van der Waals surface area contributed by atoms with Gasteiger partial charge in [0.1, 0.15) is 45.3 Å². The largest absolute Gasteiger partial charge is 0.495 e. The molecule has 22 aromatic rings. The van der Waals surface area contributed by atoms with Crippen LogP contribution in [0.1, 0.15) is 72.2 Å². The molecule has 2 spiro atoms. The fourth-order valence-corrected chi connectivity index (χ4v) is 21.5. The molecule has 0 N–H and O–H groups in total. The Bertz CT molecular complexity index is 8400. The van der Waals surface area contributed by atoms with Gasteiger partial charge in [0.2, 0.25) is 0 Å². The number of nitrogens with zero attached hydrogens (tertiary/aromatic N) is 4. The smallest absolute Gasteiger partial charge is 0.457 e. The number of halogens is 1. The van der Waals surface area contributed by atoms with Crippen molar-refractivity contribution in [1.29, 1.82) is 0 Å². The summed E-state index contributed by atoms with van der Waals surface area (Å²) in [4.78, 5) is 20.3. The van der Waals surface area contributed by atoms with E-state index in [0.717, 1.165) is 183 Å². The Kier molecular flexibility index (Phi) is 19.6. The zero-order valence-electron chi connectivity index (χ0n) is 74.8. The van der Waals surface area contributed by atoms with Crippen molar-refractivity contribution in [2.24, 2.45) is 0 Å². The van der Waals surface area contributed by atoms with E-state index < -0.39 is 29.2 Å². The highest BCUT2D eigenvalue weighted by molar-refractivity contribution is 9.10. The van der Waals surface area contributed by atoms with Gasteiger partial charge in [-0.3, -0.25) is 0 Å². The molecule has 7 heterocycles. The molecule has 136 heavy (non-hydrogen) atoms. The molecule has 0 atom stereocenters. The molecule has 0 unspecified atom stereocenters. The summed E-state index contributed by atoms with van der Waals surface area (Å²) >= 11 is 3.52. The maximum absolute atomic E-state index is 6.63. The van der Waals surface area contributed by atoms with Crippen LogP contribution < -0.4 is 14.9 Å². The van der Waals surface area contributed by atoms with Gasteiger partial charge in [-0.1, -0.05) is 392 Å². The lowest BCUT2D eigenvalue weighted by Gasteiger charge is -2.40. The van der Waals surface area contributed by atoms with Crippen molar-refractivity contribution >= 4 is 72.4 Å². The Balaban J connectivity index is 0.000000116. The van der Waals surface area contributed by atoms with Gasteiger partial charge in [0.25, 0.3) is 0 Å². The Morgan fingerprint density at radius 2 is 0.529 bits per heavy atom. The van der Waals surface area contributed by atoms with Crippen LogP contribution in [0.4, 0.5) is 0 Å². The number of aromatic nitrogens is 4. The van der Waals surface area contributed by atoms with Gasteiger partial charge in [0, 0.05) is 92.8 Å². The standard InChI is InChI=1S/C59H36N2O2.C34H21BrN2O.C31H27BO3/c1-2-14-39(15-3-1)51-36-52(40-32-28-38(29-33-40)43-19-13-21-47-45-17-5-9-25-53(45)63-57(43)47)61-58(60-51)41-34-30-37(31-35-41)42-18-12-20-46-44-16-4-6-22-48(44)59(56(42)46)49-23-7-10-26-54(49)62-55-27-11-8-24-50(55)59;35-26-19-17-25(18-20-26)34-36-30(23-7-2-1-3-8-23)21-31(37-34)24-15-13-22(14-16-24)27-10-6-11-29-28-9-4-5-12-32(28)38-33(27)29;1-29(2)30(3,4)35-32(34-29)25-17-11-13-21-20-12-5-6-14-22(20)31(28(21)25)23-15-7-9-18-26(23)33-27-19-10-8-16-24(27)31/h1-36H;1-21H;5-19H,1-4H3. The third-order valence-corrected chi connectivity index (χ3v) is 28.7. The first-order valence-electron chi connectivity index (χ1n) is 46.1. The quantitative estimate of drug-likeness (QED) is 0.123. The van der Waals surface area contributed by atoms with Crippen LogP contribution in [0.25, 0.3) is 167 Å². The molecular formula is C124H84BBrN4O6. The van der Waals surface area contributed by atoms with Crippen molar-refractivity contribution in [3.63, 3.8) is 0 Å². The topological polar surface area (TPSA) is 115 Å². The van der Waals surface area contributed by atoms with E-state index in [4.69, 9.17) is 47.6 Å². The molecule has 27 rings (SSSR count). The molecule has 646 valence electrons. The Morgan fingerprint density at radius 3 is 0.963 bits per heavy atom. The van der Waals surface area contributed by atoms with E-state index in [1.54, 1.807) is 0 Å². The predicted molar refractivity (Wildman–Crippen MR) is 552 cm³/mol. The first-order valence-corrected chi connectivity index (χ1v) is 46.9. The second-order valence-corrected chi connectivity index (χ2v) is 37.2. The third kappa shape index (κ3) is 13.4. The summed E-state index contributed by atoms with van der Waals surface area (Å²) in [6.07, 6.45) is 0. The third-order valence-electron chi connectivity index (χ3n) is 28.2. The monoisotopic (exact) mass is 1810 g/mol. The lowest BCUT2D eigenvalue weighted by molar-refractivity contribution is 0.00578. The van der Waals surface area contributed by atoms with E-state index >= 15 is 0 Å². The minimum Gasteiger partial charge on any atom is -0.457 e. The number of fused-ring (bicyclic) bond motifs is 24. The van der Waals surface area contributed by atoms with Crippen LogP contribution >= 0.6 is 15.9 Å². The predicted octanol–water partition coefficient (Wildman–Crippen LogP) is 31.4. The molecule has 1 fully saturated rings. The SMILES string of the molecule is Brc1ccc(-c2nc(-c3ccccc3)cc(-c3ccc(-c4cccc5c4oc4ccccc45)cc3)n2)cc1.CC1(C)OB(c2cccc3c2C2(c4ccccc4Oc4ccccc42)c2ccccc2-3)OC1(C)C.c1ccc(-c2cc(-c3ccc(-c4cccc5c4oc4ccccc45)cc3)nc(-c3ccc(-c4cccc5c4C4(c6ccccc6Oc6ccccc64)c4ccccc4-5)cc3)n2)cc1. The van der Waals surface area contributed by atoms with Crippen LogP contribution in [0.3, 0.4) is 0 Å². The highest BCUT2D eigenvalue weighted by atomic mass is 79.9. The van der Waals surface area contributed by atoms with Gasteiger partial charge >= 0.3 is 7.12 Å². The molecule has 0 saturated carbocycles. The van der Waals surface area contributed by atoms with Crippen LogP contribution in [0.2, 0.25) is 0 Å². The van der Waals surface area contributed by atoms with Crippen molar-refractivity contribution in [3.05, 3.63) is 486 Å². The number of benzene rings is 18. The molecule has 0 radical (unpaired) electrons. The lowest BCUT2D eigenvalue weighted by Crippen LogP contribution is -2.43. The Labute approximate surface area is 796 Å². The number of rotatable bonds is 10. The van der Waals surface area contributed by atoms with Crippen LogP contribution in [0, 0.1) is 0 Å². The van der Waals surface area contributed by atoms with Crippen molar-refractivity contribution in [2.45, 2.75) is 49.7 Å². The zero-order chi connectivity index (χ0) is 91.0. The van der Waals surface area contributed by atoms with Crippen molar-refractivity contribution < 1.29 is 27.6 Å². The van der Waals surface area contributed by atoms with Crippen LogP contribution in [0.15, 0.2) is 450 Å². The van der Waals surface area contributed by atoms with Gasteiger partial charge in [-0.15, -0.1) is 0 Å². The maximum atomic E-state index is 6.63. The van der Waals surface area contributed by atoms with Gasteiger partial charge in [0.15, 0.2) is 11.6 Å². The minimum absolute atomic E-state index is 0.426. The number of furan rings is 2. The van der Waals surface area contributed by atoms with E-state index in [0.29, 0.717) is 11.6 Å². The fourth-order valence-electron chi connectivity index (χ4n) is 21.2. The van der Waals surface area contributed by atoms with Crippen molar-refractivity contribution in [1.82, 2.24) is 19.9 Å². The lowest BCUT2D eigenvalue weighted by atomic mass is 9.61. The van der Waals surface area contributed by atoms with Crippen LogP contribution in [-0.4, -0.2) is 38.3 Å².